The maximum Gasteiger partial charge on any atom is 0.233 e. The Morgan fingerprint density at radius 2 is 2.09 bits per heavy atom. The number of hydrogen-bond acceptors (Lipinski definition) is 5. The fourth-order valence-corrected chi connectivity index (χ4v) is 2.73. The van der Waals surface area contributed by atoms with E-state index in [0.717, 1.165) is 12.1 Å². The number of nitrogen functional groups attached to an aromatic ring is 1. The number of halogens is 2. The molecule has 1 aromatic carbocycles. The van der Waals surface area contributed by atoms with Gasteiger partial charge in [0.15, 0.2) is 16.8 Å². The van der Waals surface area contributed by atoms with Gasteiger partial charge in [-0.15, -0.1) is 10.2 Å². The summed E-state index contributed by atoms with van der Waals surface area (Å²) in [5, 5.41) is 8.10. The Labute approximate surface area is 136 Å². The van der Waals surface area contributed by atoms with Gasteiger partial charge in [-0.2, -0.15) is 0 Å². The number of thioether (sulfide) groups is 1. The Balaban J connectivity index is 2.00. The monoisotopic (exact) mass is 341 g/mol. The average molecular weight is 341 g/mol. The zero-order chi connectivity index (χ0) is 17.1. The van der Waals surface area contributed by atoms with Crippen LogP contribution in [-0.4, -0.2) is 38.4 Å². The van der Waals surface area contributed by atoms with Gasteiger partial charge < -0.3 is 10.6 Å². The molecular formula is C14H17F2N5OS. The molecule has 0 spiro atoms. The molecule has 0 fully saturated rings. The third-order valence-corrected chi connectivity index (χ3v) is 4.60. The van der Waals surface area contributed by atoms with E-state index in [-0.39, 0.29) is 23.7 Å². The molecule has 2 rings (SSSR count). The number of hydrogen-bond donors (Lipinski definition) is 1. The molecule has 1 heterocycles. The van der Waals surface area contributed by atoms with Crippen molar-refractivity contribution in [1.29, 1.82) is 0 Å². The van der Waals surface area contributed by atoms with Gasteiger partial charge >= 0.3 is 0 Å². The zero-order valence-corrected chi connectivity index (χ0v) is 13.8. The number of carbonyl (C=O) groups is 1. The lowest BCUT2D eigenvalue weighted by Crippen LogP contribution is -2.31. The molecule has 124 valence electrons. The van der Waals surface area contributed by atoms with Gasteiger partial charge in [-0.25, -0.2) is 8.78 Å². The van der Waals surface area contributed by atoms with Gasteiger partial charge in [-0.3, -0.25) is 9.36 Å². The molecular weight excluding hydrogens is 324 g/mol. The molecule has 9 heteroatoms. The molecule has 23 heavy (non-hydrogen) atoms. The number of nitrogens with two attached hydrogens (primary N) is 1. The number of nitrogens with zero attached hydrogens (tertiary/aromatic N) is 4. The third-order valence-electron chi connectivity index (χ3n) is 3.59. The summed E-state index contributed by atoms with van der Waals surface area (Å²) in [5.74, 6) is -1.61. The predicted octanol–water partition coefficient (Wildman–Crippen LogP) is 1.99. The van der Waals surface area contributed by atoms with E-state index >= 15 is 0 Å². The van der Waals surface area contributed by atoms with Gasteiger partial charge in [-0.1, -0.05) is 17.8 Å². The summed E-state index contributed by atoms with van der Waals surface area (Å²) in [6.45, 7) is 1.75. The van der Waals surface area contributed by atoms with Crippen LogP contribution in [0.5, 0.6) is 0 Å². The molecule has 0 saturated heterocycles. The van der Waals surface area contributed by atoms with Crippen molar-refractivity contribution in [2.75, 3.05) is 18.5 Å². The fraction of sp³-hybridized carbons (Fsp3) is 0.357. The first-order chi connectivity index (χ1) is 10.8. The number of aromatic nitrogens is 3. The molecule has 0 aliphatic heterocycles. The van der Waals surface area contributed by atoms with Gasteiger partial charge in [0.2, 0.25) is 11.9 Å². The summed E-state index contributed by atoms with van der Waals surface area (Å²) in [5.41, 5.74) is 6.09. The second kappa shape index (κ2) is 6.95. The molecule has 0 aliphatic carbocycles. The number of rotatable bonds is 5. The fourth-order valence-electron chi connectivity index (χ4n) is 1.89. The standard InChI is InChI=1S/C14H17F2N5OS/c1-8(9-4-5-10(15)11(16)6-9)20(2)12(22)7-23-14-19-18-13(17)21(14)3/h4-6,8H,7H2,1-3H3,(H2,17,18). The lowest BCUT2D eigenvalue weighted by Gasteiger charge is -2.25. The molecule has 0 saturated carbocycles. The Morgan fingerprint density at radius 3 is 2.65 bits per heavy atom. The molecule has 1 atom stereocenters. The predicted molar refractivity (Wildman–Crippen MR) is 83.7 cm³/mol. The van der Waals surface area contributed by atoms with Gasteiger partial charge in [0.25, 0.3) is 0 Å². The van der Waals surface area contributed by atoms with Crippen molar-refractivity contribution in [2.24, 2.45) is 7.05 Å². The van der Waals surface area contributed by atoms with Crippen molar-refractivity contribution in [1.82, 2.24) is 19.7 Å². The first-order valence-electron chi connectivity index (χ1n) is 6.79. The van der Waals surface area contributed by atoms with Crippen LogP contribution in [0.15, 0.2) is 23.4 Å². The highest BCUT2D eigenvalue weighted by Crippen LogP contribution is 2.23. The SMILES string of the molecule is CC(c1ccc(F)c(F)c1)N(C)C(=O)CSc1nnc(N)n1C. The van der Waals surface area contributed by atoms with E-state index in [0.29, 0.717) is 10.7 Å². The number of benzene rings is 1. The molecule has 0 aliphatic rings. The maximum absolute atomic E-state index is 13.3. The minimum Gasteiger partial charge on any atom is -0.368 e. The lowest BCUT2D eigenvalue weighted by molar-refractivity contribution is -0.128. The highest BCUT2D eigenvalue weighted by molar-refractivity contribution is 7.99. The summed E-state index contributed by atoms with van der Waals surface area (Å²) in [6.07, 6.45) is 0. The quantitative estimate of drug-likeness (QED) is 0.842. The summed E-state index contributed by atoms with van der Waals surface area (Å²) >= 11 is 1.21. The van der Waals surface area contributed by atoms with Crippen LogP contribution in [0.2, 0.25) is 0 Å². The number of carbonyl (C=O) groups excluding carboxylic acids is 1. The van der Waals surface area contributed by atoms with Crippen molar-refractivity contribution in [2.45, 2.75) is 18.1 Å². The highest BCUT2D eigenvalue weighted by Gasteiger charge is 2.19. The molecule has 0 radical (unpaired) electrons. The first-order valence-corrected chi connectivity index (χ1v) is 7.78. The Bertz CT molecular complexity index is 721. The van der Waals surface area contributed by atoms with Crippen LogP contribution in [-0.2, 0) is 11.8 Å². The summed E-state index contributed by atoms with van der Waals surface area (Å²) in [6, 6.07) is 3.23. The third kappa shape index (κ3) is 3.79. The maximum atomic E-state index is 13.3. The Hall–Kier alpha value is -2.16. The average Bonchev–Trinajstić information content (AvgIpc) is 2.85. The van der Waals surface area contributed by atoms with E-state index in [9.17, 15) is 13.6 Å². The Morgan fingerprint density at radius 1 is 1.39 bits per heavy atom. The van der Waals surface area contributed by atoms with Crippen molar-refractivity contribution >= 4 is 23.6 Å². The van der Waals surface area contributed by atoms with Crippen LogP contribution in [0.1, 0.15) is 18.5 Å². The van der Waals surface area contributed by atoms with Gasteiger partial charge in [0, 0.05) is 14.1 Å². The van der Waals surface area contributed by atoms with Gasteiger partial charge in [-0.05, 0) is 24.6 Å². The van der Waals surface area contributed by atoms with Gasteiger partial charge in [0.05, 0.1) is 11.8 Å². The minimum atomic E-state index is -0.931. The minimum absolute atomic E-state index is 0.135. The molecule has 1 unspecified atom stereocenters. The van der Waals surface area contributed by atoms with Gasteiger partial charge in [0.1, 0.15) is 0 Å². The van der Waals surface area contributed by atoms with E-state index < -0.39 is 11.6 Å². The second-order valence-corrected chi connectivity index (χ2v) is 5.99. The molecule has 1 aromatic heterocycles. The van der Waals surface area contributed by atoms with E-state index in [1.54, 1.807) is 25.6 Å². The molecule has 0 bridgehead atoms. The van der Waals surface area contributed by atoms with Crippen molar-refractivity contribution in [3.05, 3.63) is 35.4 Å². The van der Waals surface area contributed by atoms with Crippen LogP contribution in [0.3, 0.4) is 0 Å². The number of anilines is 1. The zero-order valence-electron chi connectivity index (χ0n) is 13.0. The normalized spacial score (nSPS) is 12.2. The smallest absolute Gasteiger partial charge is 0.233 e. The van der Waals surface area contributed by atoms with Crippen molar-refractivity contribution < 1.29 is 13.6 Å². The Kier molecular flexibility index (Phi) is 5.19. The molecule has 1 amide bonds. The molecule has 2 aromatic rings. The molecule has 2 N–H and O–H groups in total. The second-order valence-electron chi connectivity index (χ2n) is 5.04. The largest absolute Gasteiger partial charge is 0.368 e. The van der Waals surface area contributed by atoms with E-state index in [4.69, 9.17) is 5.73 Å². The highest BCUT2D eigenvalue weighted by atomic mass is 32.2. The van der Waals surface area contributed by atoms with Crippen LogP contribution < -0.4 is 5.73 Å². The first kappa shape index (κ1) is 17.2. The van der Waals surface area contributed by atoms with Crippen LogP contribution >= 0.6 is 11.8 Å². The lowest BCUT2D eigenvalue weighted by atomic mass is 10.1. The summed E-state index contributed by atoms with van der Waals surface area (Å²) in [7, 11) is 3.32. The van der Waals surface area contributed by atoms with E-state index in [1.165, 1.54) is 22.7 Å². The van der Waals surface area contributed by atoms with Crippen molar-refractivity contribution in [3.63, 3.8) is 0 Å². The topological polar surface area (TPSA) is 77.0 Å². The van der Waals surface area contributed by atoms with Crippen LogP contribution in [0, 0.1) is 11.6 Å². The summed E-state index contributed by atoms with van der Waals surface area (Å²) < 4.78 is 27.9. The summed E-state index contributed by atoms with van der Waals surface area (Å²) in [4.78, 5) is 13.7. The van der Waals surface area contributed by atoms with Crippen LogP contribution in [0.4, 0.5) is 14.7 Å². The molecule has 6 nitrogen and oxygen atoms in total. The van der Waals surface area contributed by atoms with E-state index in [2.05, 4.69) is 10.2 Å². The number of amides is 1. The van der Waals surface area contributed by atoms with Crippen molar-refractivity contribution in [3.8, 4) is 0 Å². The van der Waals surface area contributed by atoms with E-state index in [1.807, 2.05) is 0 Å². The van der Waals surface area contributed by atoms with Crippen LogP contribution in [0.25, 0.3) is 0 Å².